The molecule has 1 unspecified atom stereocenters. The fraction of sp³-hybridized carbons (Fsp3) is 0.318. The monoisotopic (exact) mass is 435 g/mol. The van der Waals surface area contributed by atoms with Crippen LogP contribution in [0.25, 0.3) is 0 Å². The van der Waals surface area contributed by atoms with Gasteiger partial charge < -0.3 is 9.64 Å². The van der Waals surface area contributed by atoms with Crippen molar-refractivity contribution >= 4 is 5.91 Å². The molecule has 0 spiro atoms. The zero-order chi connectivity index (χ0) is 22.6. The topological polar surface area (TPSA) is 67.6 Å². The number of nitrogens with one attached hydrogen (secondary N) is 1. The van der Waals surface area contributed by atoms with Crippen molar-refractivity contribution in [2.75, 3.05) is 13.7 Å². The smallest absolute Gasteiger partial charge is 0.387 e. The summed E-state index contributed by atoms with van der Waals surface area (Å²) in [6, 6.07) is 9.59. The first-order valence-corrected chi connectivity index (χ1v) is 9.50. The van der Waals surface area contributed by atoms with Gasteiger partial charge in [-0.25, -0.2) is 4.39 Å². The summed E-state index contributed by atoms with van der Waals surface area (Å²) in [7, 11) is 1.51. The summed E-state index contributed by atoms with van der Waals surface area (Å²) in [5.74, 6) is 4.31. The van der Waals surface area contributed by atoms with Crippen molar-refractivity contribution in [1.29, 1.82) is 0 Å². The second-order valence-electron chi connectivity index (χ2n) is 6.95. The molecule has 9 heteroatoms. The lowest BCUT2D eigenvalue weighted by Crippen LogP contribution is -2.48. The lowest BCUT2D eigenvalue weighted by Gasteiger charge is -2.29. The van der Waals surface area contributed by atoms with Crippen molar-refractivity contribution < 1.29 is 27.1 Å². The van der Waals surface area contributed by atoms with E-state index in [9.17, 15) is 22.4 Å². The highest BCUT2D eigenvalue weighted by Gasteiger charge is 2.51. The van der Waals surface area contributed by atoms with E-state index in [4.69, 9.17) is 5.73 Å². The van der Waals surface area contributed by atoms with Crippen LogP contribution in [0.2, 0.25) is 0 Å². The average molecular weight is 435 g/mol. The van der Waals surface area contributed by atoms with Gasteiger partial charge in [0, 0.05) is 13.5 Å². The van der Waals surface area contributed by atoms with E-state index in [1.165, 1.54) is 54.4 Å². The van der Waals surface area contributed by atoms with Gasteiger partial charge in [-0.05, 0) is 41.8 Å². The van der Waals surface area contributed by atoms with Gasteiger partial charge in [0.1, 0.15) is 17.9 Å². The molecule has 3 rings (SSSR count). The van der Waals surface area contributed by atoms with Crippen LogP contribution in [0, 0.1) is 17.7 Å². The number of hydrogen-bond acceptors (Lipinski definition) is 4. The molecule has 0 aromatic heterocycles. The van der Waals surface area contributed by atoms with Crippen molar-refractivity contribution in [1.82, 2.24) is 10.2 Å². The lowest BCUT2D eigenvalue weighted by atomic mass is 9.82. The summed E-state index contributed by atoms with van der Waals surface area (Å²) in [6.45, 7) is -3.50. The number of nitrogens with two attached hydrogens (primary N) is 1. The Hall–Kier alpha value is -3.09. The summed E-state index contributed by atoms with van der Waals surface area (Å²) < 4.78 is 55.9. The van der Waals surface area contributed by atoms with Crippen LogP contribution in [0.4, 0.5) is 17.6 Å². The summed E-state index contributed by atoms with van der Waals surface area (Å²) in [6.07, 6.45) is -0.333. The summed E-state index contributed by atoms with van der Waals surface area (Å²) in [5, 5.41) is 3.03. The molecule has 2 atom stereocenters. The quantitative estimate of drug-likeness (QED) is 0.416. The molecule has 0 aliphatic carbocycles. The van der Waals surface area contributed by atoms with E-state index in [-0.39, 0.29) is 24.2 Å². The van der Waals surface area contributed by atoms with Gasteiger partial charge in [-0.1, -0.05) is 30.0 Å². The zero-order valence-corrected chi connectivity index (χ0v) is 16.7. The molecule has 5 nitrogen and oxygen atoms in total. The van der Waals surface area contributed by atoms with Gasteiger partial charge in [0.05, 0.1) is 12.2 Å². The first kappa shape index (κ1) is 22.6. The molecule has 1 fully saturated rings. The van der Waals surface area contributed by atoms with Gasteiger partial charge in [-0.2, -0.15) is 8.78 Å². The maximum Gasteiger partial charge on any atom is 0.387 e. The number of carbonyl (C=O) groups excluding carboxylic acids is 1. The number of halogens is 4. The molecule has 0 saturated carbocycles. The third-order valence-electron chi connectivity index (χ3n) is 4.99. The normalized spacial score (nSPS) is 20.7. The van der Waals surface area contributed by atoms with E-state index in [1.54, 1.807) is 0 Å². The molecule has 1 heterocycles. The highest BCUT2D eigenvalue weighted by atomic mass is 19.3. The van der Waals surface area contributed by atoms with Crippen molar-refractivity contribution in [3.8, 4) is 17.6 Å². The number of ether oxygens (including phenoxy) is 1. The number of likely N-dealkylation sites (N-methyl/N-ethyl adjacent to an activating group) is 1. The number of amides is 1. The number of unbranched alkanes of at least 4 members (excludes halogenated alkanes) is 1. The molecule has 2 aromatic carbocycles. The maximum atomic E-state index is 14.3. The Bertz CT molecular complexity index is 1000. The summed E-state index contributed by atoms with van der Waals surface area (Å²) in [4.78, 5) is 14.5. The predicted molar refractivity (Wildman–Crippen MR) is 106 cm³/mol. The van der Waals surface area contributed by atoms with Gasteiger partial charge in [0.25, 0.3) is 5.91 Å². The minimum Gasteiger partial charge on any atom is -0.435 e. The van der Waals surface area contributed by atoms with Crippen LogP contribution in [0.15, 0.2) is 42.5 Å². The first-order valence-electron chi connectivity index (χ1n) is 9.50. The molecule has 31 heavy (non-hydrogen) atoms. The zero-order valence-electron chi connectivity index (χ0n) is 16.7. The number of nitrogens with zero attached hydrogens (tertiary/aromatic N) is 1. The standard InChI is InChI=1S/C22H21F4N3O2/c1-29-19(30)22(28-21(29)27,15-6-9-17(10-7-15)31-20(25)26)16-8-11-18(24)14(13-16)5-3-2-4-12-23/h6-11,13,20-21,28H,2,4,12,27H2,1H3/t21?,22-/m1/s1. The fourth-order valence-electron chi connectivity index (χ4n) is 3.41. The number of rotatable bonds is 6. The van der Waals surface area contributed by atoms with E-state index < -0.39 is 36.8 Å². The Balaban J connectivity index is 2.09. The van der Waals surface area contributed by atoms with Gasteiger partial charge in [0.15, 0.2) is 5.54 Å². The van der Waals surface area contributed by atoms with E-state index in [2.05, 4.69) is 21.9 Å². The average Bonchev–Trinajstić information content (AvgIpc) is 2.97. The van der Waals surface area contributed by atoms with Crippen molar-refractivity contribution in [2.45, 2.75) is 31.3 Å². The highest BCUT2D eigenvalue weighted by Crippen LogP contribution is 2.37. The summed E-state index contributed by atoms with van der Waals surface area (Å²) in [5.41, 5.74) is 5.37. The molecule has 1 amide bonds. The van der Waals surface area contributed by atoms with Crippen LogP contribution in [-0.4, -0.2) is 37.4 Å². The number of carbonyl (C=O) groups is 1. The molecule has 3 N–H and O–H groups in total. The maximum absolute atomic E-state index is 14.3. The van der Waals surface area contributed by atoms with Crippen molar-refractivity contribution in [2.24, 2.45) is 5.73 Å². The third kappa shape index (κ3) is 4.50. The number of benzene rings is 2. The molecular formula is C22H21F4N3O2. The van der Waals surface area contributed by atoms with Crippen molar-refractivity contribution in [3.63, 3.8) is 0 Å². The Morgan fingerprint density at radius 3 is 2.48 bits per heavy atom. The van der Waals surface area contributed by atoms with Gasteiger partial charge in [-0.3, -0.25) is 20.2 Å². The second kappa shape index (κ2) is 9.37. The Morgan fingerprint density at radius 1 is 1.23 bits per heavy atom. The molecule has 1 aliphatic rings. The Kier molecular flexibility index (Phi) is 6.83. The largest absolute Gasteiger partial charge is 0.435 e. The summed E-state index contributed by atoms with van der Waals surface area (Å²) >= 11 is 0. The van der Waals surface area contributed by atoms with E-state index in [0.29, 0.717) is 11.1 Å². The van der Waals surface area contributed by atoms with Crippen LogP contribution >= 0.6 is 0 Å². The Morgan fingerprint density at radius 2 is 1.90 bits per heavy atom. The van der Waals surface area contributed by atoms with Crippen LogP contribution in [0.1, 0.15) is 29.5 Å². The van der Waals surface area contributed by atoms with Crippen LogP contribution in [-0.2, 0) is 10.3 Å². The highest BCUT2D eigenvalue weighted by molar-refractivity contribution is 5.93. The van der Waals surface area contributed by atoms with E-state index in [0.717, 1.165) is 0 Å². The number of hydrogen-bond donors (Lipinski definition) is 2. The lowest BCUT2D eigenvalue weighted by molar-refractivity contribution is -0.131. The van der Waals surface area contributed by atoms with Crippen LogP contribution in [0.3, 0.4) is 0 Å². The minimum atomic E-state index is -2.98. The third-order valence-corrected chi connectivity index (χ3v) is 4.99. The van der Waals surface area contributed by atoms with Gasteiger partial charge >= 0.3 is 6.61 Å². The SMILES string of the molecule is CN1C(=O)[C@@](c2ccc(OC(F)F)cc2)(c2ccc(F)c(C#CCCCF)c2)NC1N. The molecule has 0 radical (unpaired) electrons. The first-order chi connectivity index (χ1) is 14.8. The fourth-order valence-corrected chi connectivity index (χ4v) is 3.41. The number of alkyl halides is 3. The molecule has 164 valence electrons. The molecule has 2 aromatic rings. The molecular weight excluding hydrogens is 414 g/mol. The second-order valence-corrected chi connectivity index (χ2v) is 6.95. The molecule has 1 saturated heterocycles. The van der Waals surface area contributed by atoms with Crippen LogP contribution in [0.5, 0.6) is 5.75 Å². The van der Waals surface area contributed by atoms with Crippen molar-refractivity contribution in [3.05, 3.63) is 65.0 Å². The predicted octanol–water partition coefficient (Wildman–Crippen LogP) is 3.08. The van der Waals surface area contributed by atoms with E-state index >= 15 is 0 Å². The minimum absolute atomic E-state index is 0.0473. The van der Waals surface area contributed by atoms with Gasteiger partial charge in [-0.15, -0.1) is 0 Å². The van der Waals surface area contributed by atoms with Crippen LogP contribution < -0.4 is 15.8 Å². The Labute approximate surface area is 177 Å². The molecule has 1 aliphatic heterocycles. The van der Waals surface area contributed by atoms with Gasteiger partial charge in [0.2, 0.25) is 0 Å². The molecule has 0 bridgehead atoms. The van der Waals surface area contributed by atoms with E-state index in [1.807, 2.05) is 0 Å².